The number of aromatic nitrogens is 1. The fourth-order valence-electron chi connectivity index (χ4n) is 1.31. The van der Waals surface area contributed by atoms with Crippen LogP contribution >= 0.6 is 11.6 Å². The third-order valence-electron chi connectivity index (χ3n) is 1.96. The zero-order chi connectivity index (χ0) is 15.6. The van der Waals surface area contributed by atoms with E-state index in [-0.39, 0.29) is 16.5 Å². The summed E-state index contributed by atoms with van der Waals surface area (Å²) >= 11 is 5.93. The molecular weight excluding hydrogens is 304 g/mol. The molecule has 0 spiro atoms. The molecule has 1 rings (SSSR count). The van der Waals surface area contributed by atoms with Gasteiger partial charge in [0, 0.05) is 6.26 Å². The molecule has 0 aliphatic carbocycles. The minimum absolute atomic E-state index is 0.170. The van der Waals surface area contributed by atoms with Gasteiger partial charge >= 0.3 is 6.09 Å². The van der Waals surface area contributed by atoms with Crippen molar-refractivity contribution in [3.8, 4) is 0 Å². The molecule has 0 saturated heterocycles. The van der Waals surface area contributed by atoms with Crippen LogP contribution in [0.3, 0.4) is 0 Å². The largest absolute Gasteiger partial charge is 0.444 e. The Bertz CT molecular complexity index is 608. The van der Waals surface area contributed by atoms with Crippen LogP contribution in [0.25, 0.3) is 0 Å². The van der Waals surface area contributed by atoms with Crippen molar-refractivity contribution in [1.29, 1.82) is 0 Å². The highest BCUT2D eigenvalue weighted by molar-refractivity contribution is 7.89. The minimum atomic E-state index is -3.22. The highest BCUT2D eigenvalue weighted by atomic mass is 35.5. The minimum Gasteiger partial charge on any atom is -0.444 e. The van der Waals surface area contributed by atoms with E-state index in [0.717, 1.165) is 6.26 Å². The van der Waals surface area contributed by atoms with Crippen LogP contribution in [0.1, 0.15) is 26.5 Å². The average Bonchev–Trinajstić information content (AvgIpc) is 2.17. The van der Waals surface area contributed by atoms with Gasteiger partial charge in [-0.2, -0.15) is 0 Å². The highest BCUT2D eigenvalue weighted by Gasteiger charge is 2.17. The predicted molar refractivity (Wildman–Crippen MR) is 77.7 cm³/mol. The van der Waals surface area contributed by atoms with Crippen LogP contribution in [-0.2, 0) is 20.3 Å². The number of halogens is 1. The molecule has 112 valence electrons. The van der Waals surface area contributed by atoms with Gasteiger partial charge in [0.15, 0.2) is 9.84 Å². The number of carbonyl (C=O) groups is 1. The fourth-order valence-corrected chi connectivity index (χ4v) is 2.35. The van der Waals surface area contributed by atoms with Crippen LogP contribution in [0.15, 0.2) is 12.3 Å². The molecule has 0 saturated carbocycles. The van der Waals surface area contributed by atoms with Gasteiger partial charge in [-0.15, -0.1) is 0 Å². The topological polar surface area (TPSA) is 85.4 Å². The molecule has 0 bridgehead atoms. The van der Waals surface area contributed by atoms with Gasteiger partial charge < -0.3 is 4.74 Å². The van der Waals surface area contributed by atoms with Crippen LogP contribution in [0, 0.1) is 0 Å². The maximum Gasteiger partial charge on any atom is 0.412 e. The number of hydrogen-bond acceptors (Lipinski definition) is 5. The van der Waals surface area contributed by atoms with E-state index in [0.29, 0.717) is 5.69 Å². The second-order valence-electron chi connectivity index (χ2n) is 5.35. The van der Waals surface area contributed by atoms with Crippen LogP contribution in [0.2, 0.25) is 5.02 Å². The van der Waals surface area contributed by atoms with E-state index in [1.807, 2.05) is 0 Å². The smallest absolute Gasteiger partial charge is 0.412 e. The maximum atomic E-state index is 11.6. The number of nitrogens with one attached hydrogen (secondary N) is 1. The van der Waals surface area contributed by atoms with Crippen molar-refractivity contribution in [3.63, 3.8) is 0 Å². The Labute approximate surface area is 123 Å². The third kappa shape index (κ3) is 6.21. The van der Waals surface area contributed by atoms with Gasteiger partial charge in [0.25, 0.3) is 0 Å². The van der Waals surface area contributed by atoms with Crippen LogP contribution < -0.4 is 5.32 Å². The van der Waals surface area contributed by atoms with E-state index < -0.39 is 21.5 Å². The summed E-state index contributed by atoms with van der Waals surface area (Å²) in [5.41, 5.74) is -0.0391. The van der Waals surface area contributed by atoms with Gasteiger partial charge in [-0.1, -0.05) is 11.6 Å². The first kappa shape index (κ1) is 16.7. The fraction of sp³-hybridized carbons (Fsp3) is 0.500. The zero-order valence-corrected chi connectivity index (χ0v) is 13.3. The summed E-state index contributed by atoms with van der Waals surface area (Å²) in [7, 11) is -3.22. The van der Waals surface area contributed by atoms with E-state index in [9.17, 15) is 13.2 Å². The quantitative estimate of drug-likeness (QED) is 0.925. The number of nitrogens with zero attached hydrogens (tertiary/aromatic N) is 1. The number of sulfone groups is 1. The van der Waals surface area contributed by atoms with Gasteiger partial charge in [0.1, 0.15) is 5.60 Å². The molecule has 1 N–H and O–H groups in total. The number of anilines is 1. The molecule has 0 atom stereocenters. The molecular formula is C12H17ClN2O4S. The number of rotatable bonds is 3. The van der Waals surface area contributed by atoms with Gasteiger partial charge in [0.2, 0.25) is 0 Å². The van der Waals surface area contributed by atoms with Crippen molar-refractivity contribution >= 4 is 33.2 Å². The van der Waals surface area contributed by atoms with Crippen molar-refractivity contribution in [2.24, 2.45) is 0 Å². The van der Waals surface area contributed by atoms with E-state index >= 15 is 0 Å². The van der Waals surface area contributed by atoms with Gasteiger partial charge in [0.05, 0.1) is 28.4 Å². The number of amides is 1. The number of carbonyl (C=O) groups excluding carboxylic acids is 1. The first-order valence-electron chi connectivity index (χ1n) is 5.78. The summed E-state index contributed by atoms with van der Waals surface area (Å²) < 4.78 is 27.4. The molecule has 6 nitrogen and oxygen atoms in total. The molecule has 1 aromatic rings. The van der Waals surface area contributed by atoms with E-state index in [1.54, 1.807) is 20.8 Å². The van der Waals surface area contributed by atoms with Gasteiger partial charge in [-0.3, -0.25) is 10.3 Å². The van der Waals surface area contributed by atoms with Crippen LogP contribution in [0.4, 0.5) is 10.5 Å². The Morgan fingerprint density at radius 3 is 2.50 bits per heavy atom. The first-order valence-corrected chi connectivity index (χ1v) is 8.22. The van der Waals surface area contributed by atoms with Crippen molar-refractivity contribution in [3.05, 3.63) is 23.0 Å². The predicted octanol–water partition coefficient (Wildman–Crippen LogP) is 2.63. The molecule has 0 aliphatic heterocycles. The Morgan fingerprint density at radius 1 is 1.45 bits per heavy atom. The lowest BCUT2D eigenvalue weighted by atomic mass is 10.2. The standard InChI is InChI=1S/C12H17ClN2O4S/c1-12(2,3)19-11(16)15-8-5-9(13)10(14-6-8)7-20(4,17)18/h5-6H,7H2,1-4H3,(H,15,16). The van der Waals surface area contributed by atoms with Crippen molar-refractivity contribution < 1.29 is 17.9 Å². The van der Waals surface area contributed by atoms with Gasteiger partial charge in [-0.05, 0) is 26.8 Å². The van der Waals surface area contributed by atoms with Gasteiger partial charge in [-0.25, -0.2) is 13.2 Å². The summed E-state index contributed by atoms with van der Waals surface area (Å²) in [6.45, 7) is 5.23. The Morgan fingerprint density at radius 2 is 2.05 bits per heavy atom. The molecule has 0 unspecified atom stereocenters. The highest BCUT2D eigenvalue weighted by Crippen LogP contribution is 2.20. The lowest BCUT2D eigenvalue weighted by Gasteiger charge is -2.19. The van der Waals surface area contributed by atoms with Crippen LogP contribution in [-0.4, -0.2) is 31.4 Å². The summed E-state index contributed by atoms with van der Waals surface area (Å²) in [6, 6.07) is 1.43. The summed E-state index contributed by atoms with van der Waals surface area (Å²) in [5.74, 6) is -0.251. The number of hydrogen-bond donors (Lipinski definition) is 1. The SMILES string of the molecule is CC(C)(C)OC(=O)Nc1cnc(CS(C)(=O)=O)c(Cl)c1. The second-order valence-corrected chi connectivity index (χ2v) is 7.90. The van der Waals surface area contributed by atoms with Crippen molar-refractivity contribution in [2.45, 2.75) is 32.1 Å². The Balaban J connectivity index is 2.80. The third-order valence-corrected chi connectivity index (χ3v) is 3.09. The molecule has 0 aromatic carbocycles. The summed E-state index contributed by atoms with van der Waals surface area (Å²) in [5, 5.41) is 2.64. The van der Waals surface area contributed by atoms with E-state index in [1.165, 1.54) is 12.3 Å². The van der Waals surface area contributed by atoms with Crippen LogP contribution in [0.5, 0.6) is 0 Å². The number of pyridine rings is 1. The van der Waals surface area contributed by atoms with E-state index in [2.05, 4.69) is 10.3 Å². The lowest BCUT2D eigenvalue weighted by Crippen LogP contribution is -2.27. The number of ether oxygens (including phenoxy) is 1. The Kier molecular flexibility index (Phi) is 4.99. The first-order chi connectivity index (χ1) is 8.96. The normalized spacial score (nSPS) is 12.1. The molecule has 1 aromatic heterocycles. The molecule has 8 heteroatoms. The molecule has 1 heterocycles. The van der Waals surface area contributed by atoms with E-state index in [4.69, 9.17) is 16.3 Å². The van der Waals surface area contributed by atoms with Crippen molar-refractivity contribution in [2.75, 3.05) is 11.6 Å². The molecule has 0 fully saturated rings. The average molecular weight is 321 g/mol. The molecule has 0 radical (unpaired) electrons. The molecule has 20 heavy (non-hydrogen) atoms. The summed E-state index contributed by atoms with van der Waals surface area (Å²) in [6.07, 6.45) is 1.79. The molecule has 0 aliphatic rings. The zero-order valence-electron chi connectivity index (χ0n) is 11.7. The maximum absolute atomic E-state index is 11.6. The Hall–Kier alpha value is -1.34. The molecule has 1 amide bonds. The monoisotopic (exact) mass is 320 g/mol. The summed E-state index contributed by atoms with van der Waals surface area (Å²) in [4.78, 5) is 15.5. The lowest BCUT2D eigenvalue weighted by molar-refractivity contribution is 0.0636. The van der Waals surface area contributed by atoms with Crippen molar-refractivity contribution in [1.82, 2.24) is 4.98 Å². The second kappa shape index (κ2) is 5.97.